The third-order valence-electron chi connectivity index (χ3n) is 0.962. The first-order valence-electron chi connectivity index (χ1n) is 2.46. The molecule has 0 saturated heterocycles. The predicted octanol–water partition coefficient (Wildman–Crippen LogP) is 1.60. The van der Waals surface area contributed by atoms with E-state index in [4.69, 9.17) is 5.11 Å². The molecule has 1 heterocycles. The lowest BCUT2D eigenvalue weighted by atomic mass is 10.4. The van der Waals surface area contributed by atoms with Crippen LogP contribution in [0.5, 0.6) is 0 Å². The van der Waals surface area contributed by atoms with Gasteiger partial charge in [-0.1, -0.05) is 0 Å². The third kappa shape index (κ3) is 1.35. The Morgan fingerprint density at radius 2 is 1.91 bits per heavy atom. The zero-order valence-corrected chi connectivity index (χ0v) is 4.94. The molecule has 2 nitrogen and oxygen atoms in total. The normalized spacial score (nSPS) is 12.1. The minimum absolute atomic E-state index is 0.148. The maximum Gasteiger partial charge on any atom is 0.416 e. The summed E-state index contributed by atoms with van der Waals surface area (Å²) < 4.78 is 51.4. The molecule has 0 aliphatic heterocycles. The molecule has 1 N–H and O–H groups in total. The molecule has 0 aliphatic rings. The van der Waals surface area contributed by atoms with Crippen LogP contribution in [0, 0.1) is 11.6 Å². The lowest BCUT2D eigenvalue weighted by molar-refractivity contribution is -0.223. The number of aliphatic hydroxyl groups is 1. The molecule has 1 aromatic heterocycles. The monoisotopic (exact) mass is 170 g/mol. The molecule has 0 bridgehead atoms. The molecule has 0 saturated carbocycles. The fraction of sp³-hybridized carbons (Fsp3) is 0.200. The fourth-order valence-corrected chi connectivity index (χ4v) is 0.526. The van der Waals surface area contributed by atoms with Crippen LogP contribution in [0.3, 0.4) is 0 Å². The van der Waals surface area contributed by atoms with E-state index in [1.54, 1.807) is 0 Å². The molecule has 0 atom stereocenters. The number of rotatable bonds is 1. The molecule has 0 amide bonds. The van der Waals surface area contributed by atoms with Crippen molar-refractivity contribution in [3.8, 4) is 0 Å². The van der Waals surface area contributed by atoms with Gasteiger partial charge in [0.2, 0.25) is 11.6 Å². The highest BCUT2D eigenvalue weighted by Crippen LogP contribution is 2.28. The third-order valence-corrected chi connectivity index (χ3v) is 0.962. The van der Waals surface area contributed by atoms with E-state index in [0.29, 0.717) is 0 Å². The molecule has 0 radical (unpaired) electrons. The molecular formula is C5H2F4O2. The van der Waals surface area contributed by atoms with E-state index in [2.05, 4.69) is 4.42 Å². The van der Waals surface area contributed by atoms with Crippen LogP contribution in [0.2, 0.25) is 0 Å². The van der Waals surface area contributed by atoms with Crippen LogP contribution in [0.4, 0.5) is 17.6 Å². The largest absolute Gasteiger partial charge is 0.454 e. The second-order valence-electron chi connectivity index (χ2n) is 1.77. The molecule has 62 valence electrons. The number of hydrogen-bond donors (Lipinski definition) is 1. The Labute approximate surface area is 58.0 Å². The summed E-state index contributed by atoms with van der Waals surface area (Å²) in [6.07, 6.45) is -4.33. The van der Waals surface area contributed by atoms with Crippen LogP contribution in [0.1, 0.15) is 5.76 Å². The Balaban J connectivity index is 3.15. The lowest BCUT2D eigenvalue weighted by Crippen LogP contribution is -2.12. The first-order valence-corrected chi connectivity index (χ1v) is 2.46. The van der Waals surface area contributed by atoms with Crippen molar-refractivity contribution in [3.63, 3.8) is 0 Å². The Morgan fingerprint density at radius 1 is 1.36 bits per heavy atom. The van der Waals surface area contributed by atoms with Gasteiger partial charge in [0.05, 0.1) is 0 Å². The number of furan rings is 1. The minimum Gasteiger partial charge on any atom is -0.454 e. The smallest absolute Gasteiger partial charge is 0.416 e. The second kappa shape index (κ2) is 2.23. The van der Waals surface area contributed by atoms with Crippen molar-refractivity contribution < 1.29 is 27.1 Å². The van der Waals surface area contributed by atoms with E-state index in [9.17, 15) is 17.6 Å². The van der Waals surface area contributed by atoms with E-state index in [-0.39, 0.29) is 6.26 Å². The van der Waals surface area contributed by atoms with Crippen LogP contribution in [-0.4, -0.2) is 5.11 Å². The first-order chi connectivity index (χ1) is 4.93. The average molecular weight is 170 g/mol. The predicted molar refractivity (Wildman–Crippen MR) is 24.7 cm³/mol. The van der Waals surface area contributed by atoms with Crippen molar-refractivity contribution in [1.82, 2.24) is 0 Å². The minimum atomic E-state index is -4.48. The Hall–Kier alpha value is -1.04. The standard InChI is InChI=1S/C5H2F4O2/c6-2-1-11-4(3(2)7)5(8,9)10/h1,10H. The van der Waals surface area contributed by atoms with Crippen molar-refractivity contribution in [1.29, 1.82) is 0 Å². The Bertz CT molecular complexity index is 262. The molecule has 1 aromatic rings. The summed E-state index contributed by atoms with van der Waals surface area (Å²) in [5.74, 6) is -5.15. The van der Waals surface area contributed by atoms with Crippen LogP contribution in [0.15, 0.2) is 10.7 Å². The summed E-state index contributed by atoms with van der Waals surface area (Å²) >= 11 is 0. The highest BCUT2D eigenvalue weighted by atomic mass is 19.3. The van der Waals surface area contributed by atoms with Crippen molar-refractivity contribution >= 4 is 0 Å². The SMILES string of the molecule is OC(F)(F)c1occ(F)c1F. The van der Waals surface area contributed by atoms with Crippen LogP contribution in [0.25, 0.3) is 0 Å². The maximum atomic E-state index is 12.1. The molecule has 0 aliphatic carbocycles. The lowest BCUT2D eigenvalue weighted by Gasteiger charge is -2.02. The fourth-order valence-electron chi connectivity index (χ4n) is 0.526. The number of alkyl halides is 2. The Kier molecular flexibility index (Phi) is 1.63. The van der Waals surface area contributed by atoms with Crippen molar-refractivity contribution in [2.75, 3.05) is 0 Å². The second-order valence-corrected chi connectivity index (χ2v) is 1.77. The highest BCUT2D eigenvalue weighted by Gasteiger charge is 2.37. The first kappa shape index (κ1) is 8.06. The number of halogens is 4. The summed E-state index contributed by atoms with van der Waals surface area (Å²) in [5.41, 5.74) is 0. The average Bonchev–Trinajstić information content (AvgIpc) is 2.11. The quantitative estimate of drug-likeness (QED) is 0.649. The van der Waals surface area contributed by atoms with Gasteiger partial charge in [0.15, 0.2) is 5.82 Å². The molecule has 0 fully saturated rings. The van der Waals surface area contributed by atoms with Gasteiger partial charge in [-0.3, -0.25) is 0 Å². The van der Waals surface area contributed by atoms with Crippen molar-refractivity contribution in [2.45, 2.75) is 6.11 Å². The van der Waals surface area contributed by atoms with Gasteiger partial charge >= 0.3 is 6.11 Å². The van der Waals surface area contributed by atoms with Gasteiger partial charge in [0.1, 0.15) is 6.26 Å². The summed E-state index contributed by atoms with van der Waals surface area (Å²) in [6, 6.07) is 0. The summed E-state index contributed by atoms with van der Waals surface area (Å²) in [6.45, 7) is 0. The van der Waals surface area contributed by atoms with Crippen molar-refractivity contribution in [3.05, 3.63) is 23.7 Å². The number of hydrogen-bond acceptors (Lipinski definition) is 2. The molecule has 6 heteroatoms. The van der Waals surface area contributed by atoms with E-state index < -0.39 is 23.5 Å². The molecular weight excluding hydrogens is 168 g/mol. The van der Waals surface area contributed by atoms with Gasteiger partial charge in [0, 0.05) is 0 Å². The van der Waals surface area contributed by atoms with E-state index >= 15 is 0 Å². The topological polar surface area (TPSA) is 33.4 Å². The van der Waals surface area contributed by atoms with Gasteiger partial charge in [-0.05, 0) is 0 Å². The van der Waals surface area contributed by atoms with E-state index in [0.717, 1.165) is 0 Å². The van der Waals surface area contributed by atoms with Crippen LogP contribution >= 0.6 is 0 Å². The van der Waals surface area contributed by atoms with Gasteiger partial charge in [0.25, 0.3) is 0 Å². The molecule has 1 rings (SSSR count). The van der Waals surface area contributed by atoms with Gasteiger partial charge in [-0.2, -0.15) is 13.2 Å². The Morgan fingerprint density at radius 3 is 2.09 bits per heavy atom. The molecule has 0 spiro atoms. The van der Waals surface area contributed by atoms with Gasteiger partial charge < -0.3 is 9.52 Å². The van der Waals surface area contributed by atoms with Gasteiger partial charge in [-0.25, -0.2) is 4.39 Å². The van der Waals surface area contributed by atoms with Crippen molar-refractivity contribution in [2.24, 2.45) is 0 Å². The maximum absolute atomic E-state index is 12.1. The van der Waals surface area contributed by atoms with Crippen LogP contribution < -0.4 is 0 Å². The zero-order chi connectivity index (χ0) is 8.65. The highest BCUT2D eigenvalue weighted by molar-refractivity contribution is 5.07. The summed E-state index contributed by atoms with van der Waals surface area (Å²) in [7, 11) is 0. The summed E-state index contributed by atoms with van der Waals surface area (Å²) in [4.78, 5) is 0. The van der Waals surface area contributed by atoms with Gasteiger partial charge in [-0.15, -0.1) is 0 Å². The van der Waals surface area contributed by atoms with E-state index in [1.807, 2.05) is 0 Å². The zero-order valence-electron chi connectivity index (χ0n) is 4.94. The molecule has 11 heavy (non-hydrogen) atoms. The van der Waals surface area contributed by atoms with Crippen LogP contribution in [-0.2, 0) is 6.11 Å². The summed E-state index contributed by atoms with van der Waals surface area (Å²) in [5, 5.41) is 7.85. The molecule has 0 aromatic carbocycles. The van der Waals surface area contributed by atoms with E-state index in [1.165, 1.54) is 0 Å². The molecule has 0 unspecified atom stereocenters.